The first-order valence-corrected chi connectivity index (χ1v) is 23.6. The first kappa shape index (κ1) is 39.5. The lowest BCUT2D eigenvalue weighted by atomic mass is 9.84. The minimum atomic E-state index is 1.19. The van der Waals surface area contributed by atoms with E-state index in [-0.39, 0.29) is 0 Å². The molecule has 316 valence electrons. The van der Waals surface area contributed by atoms with E-state index in [2.05, 4.69) is 267 Å². The summed E-state index contributed by atoms with van der Waals surface area (Å²) in [5, 5.41) is 4.99. The summed E-state index contributed by atoms with van der Waals surface area (Å²) in [5.74, 6) is 0. The number of hydrogen-bond donors (Lipinski definition) is 0. The smallest absolute Gasteiger partial charge is 0.000137 e. The molecule has 0 heterocycles. The maximum absolute atomic E-state index is 2.49. The van der Waals surface area contributed by atoms with Crippen LogP contribution in [0.2, 0.25) is 0 Å². The van der Waals surface area contributed by atoms with Crippen molar-refractivity contribution in [1.82, 2.24) is 0 Å². The maximum atomic E-state index is 2.49. The molecule has 0 saturated heterocycles. The van der Waals surface area contributed by atoms with Crippen LogP contribution in [0.25, 0.3) is 93.9 Å². The molecule has 0 N–H and O–H groups in total. The van der Waals surface area contributed by atoms with Crippen molar-refractivity contribution in [2.75, 3.05) is 0 Å². The molecule has 11 aromatic rings. The van der Waals surface area contributed by atoms with Crippen LogP contribution in [0.4, 0.5) is 0 Å². The molecule has 0 spiro atoms. The van der Waals surface area contributed by atoms with Gasteiger partial charge in [-0.2, -0.15) is 0 Å². The molecule has 0 fully saturated rings. The van der Waals surface area contributed by atoms with E-state index in [1.165, 1.54) is 133 Å². The number of hydrogen-bond acceptors (Lipinski definition) is 0. The molecule has 0 saturated carbocycles. The lowest BCUT2D eigenvalue weighted by Crippen LogP contribution is -1.97. The van der Waals surface area contributed by atoms with E-state index >= 15 is 0 Å². The first-order valence-electron chi connectivity index (χ1n) is 23.6. The summed E-state index contributed by atoms with van der Waals surface area (Å²) < 4.78 is 0. The molecule has 0 bridgehead atoms. The van der Waals surface area contributed by atoms with E-state index in [9.17, 15) is 0 Å². The second kappa shape index (κ2) is 16.5. The van der Waals surface area contributed by atoms with Gasteiger partial charge in [-0.1, -0.05) is 243 Å². The fraction of sp³-hybridized carbons (Fsp3) is 0. The normalized spacial score (nSPS) is 13.1. The van der Waals surface area contributed by atoms with Crippen LogP contribution in [-0.2, 0) is 0 Å². The second-order valence-corrected chi connectivity index (χ2v) is 17.9. The number of allylic oxidation sites excluding steroid dienone is 5. The highest BCUT2D eigenvalue weighted by Gasteiger charge is 2.41. The van der Waals surface area contributed by atoms with Crippen LogP contribution in [0.15, 0.2) is 272 Å². The van der Waals surface area contributed by atoms with Gasteiger partial charge in [0.1, 0.15) is 0 Å². The number of rotatable bonds is 8. The maximum Gasteiger partial charge on any atom is -0.000137 e. The van der Waals surface area contributed by atoms with E-state index in [1.54, 1.807) is 0 Å². The molecule has 0 nitrogen and oxygen atoms in total. The zero-order chi connectivity index (χ0) is 45.0. The van der Waals surface area contributed by atoms with Gasteiger partial charge >= 0.3 is 0 Å². The van der Waals surface area contributed by atoms with Crippen molar-refractivity contribution < 1.29 is 0 Å². The van der Waals surface area contributed by atoms with Crippen LogP contribution >= 0.6 is 0 Å². The molecule has 0 heteroatoms. The molecular formula is C68H44. The third-order valence-corrected chi connectivity index (χ3v) is 14.0. The van der Waals surface area contributed by atoms with Gasteiger partial charge in [0.25, 0.3) is 0 Å². The zero-order valence-electron chi connectivity index (χ0n) is 37.4. The Hall–Kier alpha value is -8.84. The summed E-state index contributed by atoms with van der Waals surface area (Å²) in [7, 11) is 0. The fourth-order valence-corrected chi connectivity index (χ4v) is 10.8. The van der Waals surface area contributed by atoms with Crippen molar-refractivity contribution >= 4 is 49.4 Å². The fourth-order valence-electron chi connectivity index (χ4n) is 10.8. The highest BCUT2D eigenvalue weighted by molar-refractivity contribution is 6.39. The standard InChI is InChI=1S/C68H44/c1-5-19-49(20-6-1)59-43-61-62(44-60(59)50-21-7-2-8-22-50)67-65(52-25-11-4-12-26-52)64(53-35-29-47(30-36-53)57-39-33-45-17-13-15-27-55(45)41-57)66(68(67)63(61)51-23-9-3-10-24-51)54-37-31-48(32-38-54)58-40-34-46-18-14-16-28-56(46)42-58/h1-44H. The molecular weight excluding hydrogens is 817 g/mol. The van der Waals surface area contributed by atoms with Crippen molar-refractivity contribution in [1.29, 1.82) is 0 Å². The largest absolute Gasteiger partial charge is 0.0622 e. The number of benzene rings is 11. The second-order valence-electron chi connectivity index (χ2n) is 17.9. The van der Waals surface area contributed by atoms with E-state index in [0.717, 1.165) is 0 Å². The molecule has 13 rings (SSSR count). The van der Waals surface area contributed by atoms with Gasteiger partial charge in [0.2, 0.25) is 0 Å². The summed E-state index contributed by atoms with van der Waals surface area (Å²) >= 11 is 0. The van der Waals surface area contributed by atoms with Crippen LogP contribution in [0.1, 0.15) is 33.4 Å². The third-order valence-electron chi connectivity index (χ3n) is 14.0. The highest BCUT2D eigenvalue weighted by Crippen LogP contribution is 2.62. The quantitative estimate of drug-likeness (QED) is 0.143. The van der Waals surface area contributed by atoms with E-state index in [1.807, 2.05) is 0 Å². The van der Waals surface area contributed by atoms with Gasteiger partial charge < -0.3 is 0 Å². The van der Waals surface area contributed by atoms with Crippen LogP contribution < -0.4 is 0 Å². The summed E-state index contributed by atoms with van der Waals surface area (Å²) in [5.41, 5.74) is 24.5. The van der Waals surface area contributed by atoms with Crippen LogP contribution in [0, 0.1) is 0 Å². The van der Waals surface area contributed by atoms with Gasteiger partial charge in [-0.15, -0.1) is 0 Å². The minimum Gasteiger partial charge on any atom is -0.0622 e. The van der Waals surface area contributed by atoms with E-state index < -0.39 is 0 Å². The van der Waals surface area contributed by atoms with Gasteiger partial charge in [-0.25, -0.2) is 0 Å². The monoisotopic (exact) mass is 860 g/mol. The summed E-state index contributed by atoms with van der Waals surface area (Å²) in [6.45, 7) is 0. The minimum absolute atomic E-state index is 1.19. The topological polar surface area (TPSA) is 0 Å². The Labute approximate surface area is 397 Å². The van der Waals surface area contributed by atoms with Crippen molar-refractivity contribution in [3.63, 3.8) is 0 Å². The predicted molar refractivity (Wildman–Crippen MR) is 289 cm³/mol. The Morgan fingerprint density at radius 3 is 0.868 bits per heavy atom. The molecule has 0 unspecified atom stereocenters. The van der Waals surface area contributed by atoms with Crippen LogP contribution in [-0.4, -0.2) is 0 Å². The first-order chi connectivity index (χ1) is 33.7. The molecule has 2 aliphatic carbocycles. The Morgan fingerprint density at radius 2 is 0.426 bits per heavy atom. The summed E-state index contributed by atoms with van der Waals surface area (Å²) in [4.78, 5) is 0. The van der Waals surface area contributed by atoms with Crippen LogP contribution in [0.3, 0.4) is 0 Å². The lowest BCUT2D eigenvalue weighted by molar-refractivity contribution is 1.51. The third kappa shape index (κ3) is 6.77. The van der Waals surface area contributed by atoms with E-state index in [4.69, 9.17) is 0 Å². The molecule has 0 aromatic heterocycles. The lowest BCUT2D eigenvalue weighted by Gasteiger charge is -2.19. The van der Waals surface area contributed by atoms with E-state index in [0.29, 0.717) is 0 Å². The molecule has 0 atom stereocenters. The Bertz CT molecular complexity index is 3820. The zero-order valence-corrected chi connectivity index (χ0v) is 37.4. The average molecular weight is 861 g/mol. The molecule has 11 aromatic carbocycles. The Balaban J connectivity index is 1.10. The molecule has 0 radical (unpaired) electrons. The summed E-state index contributed by atoms with van der Waals surface area (Å²) in [6.07, 6.45) is 0. The van der Waals surface area contributed by atoms with Gasteiger partial charge in [-0.05, 0) is 157 Å². The molecule has 2 aliphatic rings. The van der Waals surface area contributed by atoms with Gasteiger partial charge in [0.05, 0.1) is 0 Å². The predicted octanol–water partition coefficient (Wildman–Crippen LogP) is 18.0. The van der Waals surface area contributed by atoms with Crippen molar-refractivity contribution in [3.05, 3.63) is 306 Å². The van der Waals surface area contributed by atoms with Gasteiger partial charge in [0, 0.05) is 0 Å². The van der Waals surface area contributed by atoms with Crippen LogP contribution in [0.5, 0.6) is 0 Å². The van der Waals surface area contributed by atoms with Gasteiger partial charge in [-0.3, -0.25) is 0 Å². The number of fused-ring (bicyclic) bond motifs is 5. The average Bonchev–Trinajstić information content (AvgIpc) is 3.93. The van der Waals surface area contributed by atoms with Crippen molar-refractivity contribution in [3.8, 4) is 44.5 Å². The summed E-state index contributed by atoms with van der Waals surface area (Å²) in [6, 6.07) is 98.5. The Morgan fingerprint density at radius 1 is 0.132 bits per heavy atom. The Kier molecular flexibility index (Phi) is 9.62. The van der Waals surface area contributed by atoms with Gasteiger partial charge in [0.15, 0.2) is 0 Å². The molecule has 68 heavy (non-hydrogen) atoms. The van der Waals surface area contributed by atoms with Crippen molar-refractivity contribution in [2.45, 2.75) is 0 Å². The highest BCUT2D eigenvalue weighted by atomic mass is 14.4. The van der Waals surface area contributed by atoms with Crippen molar-refractivity contribution in [2.24, 2.45) is 0 Å². The molecule has 0 amide bonds. The SMILES string of the molecule is c1ccc(C2=C3C(=C(c4ccccc4)c4cc(-c5ccccc5)c(-c5ccccc5)cc43)C(c3ccc(-c4ccc5ccccc5c4)cc3)=C2c2ccc(-c3ccc4ccccc4c3)cc2)cc1. The molecule has 0 aliphatic heterocycles.